The van der Waals surface area contributed by atoms with Crippen molar-refractivity contribution in [2.24, 2.45) is 0 Å². The normalized spacial score (nSPS) is 13.1. The van der Waals surface area contributed by atoms with E-state index in [1.165, 1.54) is 45.0 Å². The van der Waals surface area contributed by atoms with Gasteiger partial charge in [0, 0.05) is 123 Å². The zero-order chi connectivity index (χ0) is 67.2. The number of anilines is 6. The van der Waals surface area contributed by atoms with Gasteiger partial charge in [0.25, 0.3) is 11.1 Å². The van der Waals surface area contributed by atoms with E-state index in [4.69, 9.17) is 51.2 Å². The number of hydrogen-bond acceptors (Lipinski definition) is 18. The van der Waals surface area contributed by atoms with Crippen LogP contribution in [-0.2, 0) is 19.6 Å². The maximum Gasteiger partial charge on any atom is 0.253 e. The van der Waals surface area contributed by atoms with Crippen LogP contribution in [0, 0.1) is 37.5 Å². The molecule has 0 amide bonds. The minimum absolute atomic E-state index is 0. The van der Waals surface area contributed by atoms with Gasteiger partial charge in [-0.3, -0.25) is 19.8 Å². The van der Waals surface area contributed by atoms with Crippen LogP contribution in [0.25, 0.3) is 32.7 Å². The highest BCUT2D eigenvalue weighted by Crippen LogP contribution is 2.26. The summed E-state index contributed by atoms with van der Waals surface area (Å²) in [4.78, 5) is 69.2. The molecule has 0 unspecified atom stereocenters. The molecule has 21 nitrogen and oxygen atoms in total. The lowest BCUT2D eigenvalue weighted by atomic mass is 10.0. The second-order valence-corrected chi connectivity index (χ2v) is 23.6. The molecule has 2 aliphatic heterocycles. The molecule has 2 saturated heterocycles. The number of nitriles is 1. The summed E-state index contributed by atoms with van der Waals surface area (Å²) >= 11 is 17.3. The zero-order valence-electron chi connectivity index (χ0n) is 54.9. The third kappa shape index (κ3) is 20.7. The molecule has 0 atom stereocenters. The van der Waals surface area contributed by atoms with Gasteiger partial charge in [0.15, 0.2) is 6.29 Å². The van der Waals surface area contributed by atoms with E-state index < -0.39 is 0 Å². The Hall–Kier alpha value is -8.52. The SMILES string of the molecule is C.CCC#N.CCNc1cc(Cl)ncc1C=O.CCn1c(=N)c(C)cc2cnc(Cl)cc21.CCn1c(=O)c(C)cc2cnc(Cl)cc21.CCn1c(=O)c(C)cc2cnc(Nc3ccc(N(C)C4CCN(C)CC4)cn3)cc21.CN1CCC(N(C)c2ccc(N)nc2)CC1. The Labute approximate surface area is 561 Å². The Kier molecular flexibility index (Phi) is 29.6. The van der Waals surface area contributed by atoms with Crippen LogP contribution in [0.5, 0.6) is 0 Å². The third-order valence-corrected chi connectivity index (χ3v) is 16.6. The second-order valence-electron chi connectivity index (χ2n) is 22.4. The molecule has 0 aromatic carbocycles. The van der Waals surface area contributed by atoms with Crippen LogP contribution in [0.4, 0.5) is 34.5 Å². The Morgan fingerprint density at radius 2 is 1.02 bits per heavy atom. The fourth-order valence-corrected chi connectivity index (χ4v) is 11.2. The smallest absolute Gasteiger partial charge is 0.253 e. The van der Waals surface area contributed by atoms with E-state index in [2.05, 4.69) is 94.4 Å². The molecule has 9 aromatic rings. The van der Waals surface area contributed by atoms with Crippen molar-refractivity contribution >= 4 is 108 Å². The lowest BCUT2D eigenvalue weighted by Gasteiger charge is -2.36. The van der Waals surface area contributed by atoms with E-state index in [1.54, 1.807) is 45.9 Å². The van der Waals surface area contributed by atoms with Gasteiger partial charge in [-0.1, -0.05) is 49.2 Å². The molecule has 2 aliphatic rings. The third-order valence-electron chi connectivity index (χ3n) is 16.0. The molecule has 11 rings (SSSR count). The summed E-state index contributed by atoms with van der Waals surface area (Å²) in [6.45, 7) is 22.7. The number of aryl methyl sites for hydroxylation is 6. The molecule has 2 fully saturated rings. The van der Waals surface area contributed by atoms with Crippen LogP contribution in [0.2, 0.25) is 15.5 Å². The van der Waals surface area contributed by atoms with Crippen molar-refractivity contribution in [2.75, 3.05) is 87.1 Å². The lowest BCUT2D eigenvalue weighted by molar-refractivity contribution is 0.112. The molecule has 24 heteroatoms. The van der Waals surface area contributed by atoms with Gasteiger partial charge in [-0.2, -0.15) is 5.26 Å². The predicted molar refractivity (Wildman–Crippen MR) is 384 cm³/mol. The van der Waals surface area contributed by atoms with Gasteiger partial charge >= 0.3 is 0 Å². The number of likely N-dealkylation sites (tertiary alicyclic amines) is 2. The van der Waals surface area contributed by atoms with Gasteiger partial charge in [0.2, 0.25) is 0 Å². The topological polar surface area (TPSA) is 254 Å². The molecule has 0 saturated carbocycles. The molecule has 0 radical (unpaired) electrons. The Morgan fingerprint density at radius 1 is 0.602 bits per heavy atom. The van der Waals surface area contributed by atoms with Gasteiger partial charge < -0.3 is 49.7 Å². The number of nitrogens with two attached hydrogens (primary N) is 1. The van der Waals surface area contributed by atoms with E-state index in [9.17, 15) is 14.4 Å². The van der Waals surface area contributed by atoms with Crippen LogP contribution < -0.4 is 42.8 Å². The molecule has 11 heterocycles. The van der Waals surface area contributed by atoms with Crippen molar-refractivity contribution in [3.05, 3.63) is 168 Å². The minimum Gasteiger partial charge on any atom is -0.385 e. The summed E-state index contributed by atoms with van der Waals surface area (Å²) < 4.78 is 5.42. The van der Waals surface area contributed by atoms with Crippen molar-refractivity contribution in [2.45, 2.75) is 127 Å². The Balaban J connectivity index is 0.000000216. The number of halogens is 3. The van der Waals surface area contributed by atoms with E-state index in [0.717, 1.165) is 105 Å². The largest absolute Gasteiger partial charge is 0.385 e. The first-order chi connectivity index (χ1) is 44.1. The monoisotopic (exact) mass is 1320 g/mol. The number of nitrogen functional groups attached to an aromatic ring is 1. The Morgan fingerprint density at radius 3 is 1.45 bits per heavy atom. The number of fused-ring (bicyclic) bond motifs is 3. The van der Waals surface area contributed by atoms with E-state index >= 15 is 0 Å². The van der Waals surface area contributed by atoms with E-state index in [-0.39, 0.29) is 18.5 Å². The number of piperidine rings is 2. The Bertz CT molecular complexity index is 4020. The van der Waals surface area contributed by atoms with Crippen molar-refractivity contribution < 1.29 is 4.79 Å². The summed E-state index contributed by atoms with van der Waals surface area (Å²) in [5.74, 6) is 2.00. The summed E-state index contributed by atoms with van der Waals surface area (Å²) in [5, 5.41) is 26.0. The first kappa shape index (κ1) is 75.2. The van der Waals surface area contributed by atoms with Crippen LogP contribution in [-0.4, -0.2) is 133 Å². The summed E-state index contributed by atoms with van der Waals surface area (Å²) in [6, 6.07) is 23.9. The molecule has 93 heavy (non-hydrogen) atoms. The lowest BCUT2D eigenvalue weighted by Crippen LogP contribution is -2.42. The fraction of sp³-hybridized carbons (Fsp3) is 0.406. The quantitative estimate of drug-likeness (QED) is 0.0655. The van der Waals surface area contributed by atoms with Crippen LogP contribution in [0.3, 0.4) is 0 Å². The van der Waals surface area contributed by atoms with Crippen molar-refractivity contribution in [3.8, 4) is 6.07 Å². The average Bonchev–Trinajstić information content (AvgIpc) is 0.834. The number of pyridine rings is 9. The first-order valence-electron chi connectivity index (χ1n) is 30.9. The molecule has 5 N–H and O–H groups in total. The second kappa shape index (κ2) is 36.7. The number of carbonyl (C=O) groups is 1. The average molecular weight is 1330 g/mol. The molecule has 0 bridgehead atoms. The van der Waals surface area contributed by atoms with E-state index in [0.29, 0.717) is 69.7 Å². The fourth-order valence-electron chi connectivity index (χ4n) is 10.7. The van der Waals surface area contributed by atoms with Gasteiger partial charge in [-0.15, -0.1) is 0 Å². The van der Waals surface area contributed by atoms with Gasteiger partial charge in [-0.25, -0.2) is 29.9 Å². The highest BCUT2D eigenvalue weighted by molar-refractivity contribution is 6.30. The van der Waals surface area contributed by atoms with Crippen molar-refractivity contribution in [1.29, 1.82) is 10.7 Å². The van der Waals surface area contributed by atoms with Gasteiger partial charge in [0.1, 0.15) is 38.4 Å². The van der Waals surface area contributed by atoms with Crippen molar-refractivity contribution in [3.63, 3.8) is 0 Å². The molecular weight excluding hydrogens is 1240 g/mol. The summed E-state index contributed by atoms with van der Waals surface area (Å²) in [5.41, 5.74) is 14.8. The molecule has 0 aliphatic carbocycles. The summed E-state index contributed by atoms with van der Waals surface area (Å²) in [7, 11) is 8.65. The van der Waals surface area contributed by atoms with Crippen molar-refractivity contribution in [1.82, 2.24) is 53.4 Å². The maximum absolute atomic E-state index is 12.4. The molecule has 9 aromatic heterocycles. The molecule has 0 spiro atoms. The van der Waals surface area contributed by atoms with Gasteiger partial charge in [-0.05, 0) is 181 Å². The molecular formula is C69H91Cl3N18O3. The predicted octanol–water partition coefficient (Wildman–Crippen LogP) is 13.0. The van der Waals surface area contributed by atoms with Crippen LogP contribution in [0.1, 0.15) is 101 Å². The number of carbonyl (C=O) groups excluding carboxylic acids is 1. The zero-order valence-corrected chi connectivity index (χ0v) is 57.2. The molecule has 496 valence electrons. The first-order valence-corrected chi connectivity index (χ1v) is 32.1. The standard InChI is InChI=1S/C23H30N6O.C12H20N4.C11H12ClN3.C11H11ClN2O.C8H9ClN2O.C3H5N.CH4/c1-5-29-20-13-22(24-14-17(20)12-16(2)23(29)30)26-21-7-6-19(15-25-21)28(4)18-8-10-27(3)11-9-18;1-15-7-5-10(6-8-15)16(2)11-3-4-12(13)14-9-11;1-3-15-9-5-10(12)14-6-8(9)4-7(2)11(15)13;1-3-14-9-5-10(12)13-6-8(9)4-7(2)11(14)15;1-2-10-7-3-8(9)11-4-6(7)5-12;1-2-3-4;/h6-7,12-15,18H,5,8-11H2,1-4H3,(H,24,25,26);3-4,9-10H,5-8H2,1-2H3,(H2,13,14);4-6,13H,3H2,1-2H3;4-6H,3H2,1-2H3;3-5H,2H2,1H3,(H,10,11);2H2,1H3;1H4. The number of nitrogens with one attached hydrogen (secondary N) is 3. The van der Waals surface area contributed by atoms with E-state index in [1.807, 2.05) is 121 Å². The number of aromatic nitrogens is 9. The number of hydrogen-bond donors (Lipinski definition) is 4. The maximum atomic E-state index is 12.4. The summed E-state index contributed by atoms with van der Waals surface area (Å²) in [6.07, 6.45) is 16.6. The highest BCUT2D eigenvalue weighted by Gasteiger charge is 2.22. The minimum atomic E-state index is 0. The van der Waals surface area contributed by atoms with Gasteiger partial charge in [0.05, 0.1) is 52.0 Å². The number of nitrogens with zero attached hydrogens (tertiary/aromatic N) is 14. The number of aldehydes is 1. The highest BCUT2D eigenvalue weighted by atomic mass is 35.5. The van der Waals surface area contributed by atoms with Crippen LogP contribution >= 0.6 is 34.8 Å². The van der Waals surface area contributed by atoms with Crippen LogP contribution in [0.15, 0.2) is 114 Å². The number of rotatable bonds is 12.